The molecule has 0 aliphatic rings. The first-order valence-electron chi connectivity index (χ1n) is 10.0. The third-order valence-corrected chi connectivity index (χ3v) is 6.57. The number of thiophene rings is 1. The number of benzene rings is 1. The summed E-state index contributed by atoms with van der Waals surface area (Å²) in [5.41, 5.74) is -0.289. The minimum absolute atomic E-state index is 0.221. The van der Waals surface area contributed by atoms with E-state index in [0.29, 0.717) is 5.56 Å². The van der Waals surface area contributed by atoms with Crippen LogP contribution in [0, 0.1) is 0 Å². The molecule has 4 heterocycles. The minimum Gasteiger partial charge on any atom is -0.472 e. The molecule has 0 saturated heterocycles. The number of amides is 1. The van der Waals surface area contributed by atoms with Gasteiger partial charge in [0.1, 0.15) is 5.15 Å². The summed E-state index contributed by atoms with van der Waals surface area (Å²) in [7, 11) is 0. The van der Waals surface area contributed by atoms with Gasteiger partial charge in [0, 0.05) is 22.2 Å². The predicted octanol–water partition coefficient (Wildman–Crippen LogP) is 6.85. The monoisotopic (exact) mass is 501 g/mol. The zero-order chi connectivity index (χ0) is 23.9. The summed E-state index contributed by atoms with van der Waals surface area (Å²) < 4.78 is 47.7. The number of furan rings is 1. The maximum Gasteiger partial charge on any atom is 0.420 e. The Labute approximate surface area is 200 Å². The molecule has 172 valence electrons. The van der Waals surface area contributed by atoms with Crippen molar-refractivity contribution in [1.82, 2.24) is 14.7 Å². The van der Waals surface area contributed by atoms with Crippen molar-refractivity contribution in [2.75, 3.05) is 0 Å². The van der Waals surface area contributed by atoms with Gasteiger partial charge in [0.15, 0.2) is 11.3 Å². The summed E-state index contributed by atoms with van der Waals surface area (Å²) >= 11 is 7.86. The number of carbonyl (C=O) groups excluding carboxylic acids is 1. The van der Waals surface area contributed by atoms with Crippen LogP contribution in [-0.4, -0.2) is 15.3 Å². The van der Waals surface area contributed by atoms with Gasteiger partial charge in [-0.2, -0.15) is 13.2 Å². The van der Waals surface area contributed by atoms with Crippen molar-refractivity contribution in [1.29, 1.82) is 0 Å². The number of hydrogen-bond donors (Lipinski definition) is 1. The zero-order valence-corrected chi connectivity index (χ0v) is 18.8. The number of nitrogens with zero attached hydrogens (tertiary/aromatic N) is 2. The number of alkyl halides is 3. The number of fused-ring (bicyclic) bond motifs is 1. The van der Waals surface area contributed by atoms with Crippen molar-refractivity contribution >= 4 is 34.5 Å². The highest BCUT2D eigenvalue weighted by Gasteiger charge is 2.36. The summed E-state index contributed by atoms with van der Waals surface area (Å²) in [6.45, 7) is 0. The Balaban J connectivity index is 1.59. The van der Waals surface area contributed by atoms with Crippen LogP contribution in [0.1, 0.15) is 32.5 Å². The number of carbonyl (C=O) groups is 1. The van der Waals surface area contributed by atoms with Gasteiger partial charge in [0.25, 0.3) is 5.91 Å². The summed E-state index contributed by atoms with van der Waals surface area (Å²) in [5.74, 6) is -0.686. The Kier molecular flexibility index (Phi) is 5.66. The fourth-order valence-corrected chi connectivity index (χ4v) is 4.74. The number of halogens is 4. The topological polar surface area (TPSA) is 59.5 Å². The van der Waals surface area contributed by atoms with Crippen LogP contribution in [0.25, 0.3) is 16.8 Å². The van der Waals surface area contributed by atoms with Crippen LogP contribution in [-0.2, 0) is 6.18 Å². The zero-order valence-electron chi connectivity index (χ0n) is 17.2. The molecule has 0 spiro atoms. The Morgan fingerprint density at radius 3 is 2.56 bits per heavy atom. The molecule has 1 unspecified atom stereocenters. The fourth-order valence-electron chi connectivity index (χ4n) is 3.68. The van der Waals surface area contributed by atoms with Gasteiger partial charge in [-0.1, -0.05) is 48.0 Å². The Bertz CT molecular complexity index is 1450. The van der Waals surface area contributed by atoms with E-state index in [9.17, 15) is 18.0 Å². The van der Waals surface area contributed by atoms with E-state index in [-0.39, 0.29) is 16.4 Å². The molecular formula is C24H15ClF3N3O2S. The van der Waals surface area contributed by atoms with Gasteiger partial charge in [-0.15, -0.1) is 11.3 Å². The van der Waals surface area contributed by atoms with E-state index in [0.717, 1.165) is 20.9 Å². The summed E-state index contributed by atoms with van der Waals surface area (Å²) in [6.07, 6.45) is -0.636. The average molecular weight is 502 g/mol. The van der Waals surface area contributed by atoms with Crippen LogP contribution in [0.3, 0.4) is 0 Å². The van der Waals surface area contributed by atoms with E-state index in [1.54, 1.807) is 0 Å². The van der Waals surface area contributed by atoms with Crippen molar-refractivity contribution in [2.24, 2.45) is 0 Å². The molecule has 5 nitrogen and oxygen atoms in total. The van der Waals surface area contributed by atoms with Crippen LogP contribution >= 0.6 is 22.9 Å². The van der Waals surface area contributed by atoms with Gasteiger partial charge in [0.05, 0.1) is 24.1 Å². The van der Waals surface area contributed by atoms with E-state index in [4.69, 9.17) is 16.0 Å². The summed E-state index contributed by atoms with van der Waals surface area (Å²) in [5, 5.41) is 4.53. The SMILES string of the molecule is O=C(NC(c1ccccc1)c1cccs1)c1nc2c(C(F)(F)F)cc(-c3ccoc3)cn2c1Cl. The van der Waals surface area contributed by atoms with Gasteiger partial charge in [-0.3, -0.25) is 9.20 Å². The molecule has 1 amide bonds. The van der Waals surface area contributed by atoms with E-state index in [1.165, 1.54) is 36.1 Å². The molecule has 34 heavy (non-hydrogen) atoms. The van der Waals surface area contributed by atoms with E-state index in [1.807, 2.05) is 47.8 Å². The Morgan fingerprint density at radius 2 is 1.91 bits per heavy atom. The Morgan fingerprint density at radius 1 is 1.12 bits per heavy atom. The van der Waals surface area contributed by atoms with E-state index >= 15 is 0 Å². The molecule has 0 aliphatic heterocycles. The van der Waals surface area contributed by atoms with Crippen molar-refractivity contribution < 1.29 is 22.4 Å². The lowest BCUT2D eigenvalue weighted by molar-refractivity contribution is -0.136. The number of aromatic nitrogens is 2. The number of hydrogen-bond acceptors (Lipinski definition) is 4. The maximum atomic E-state index is 13.9. The number of pyridine rings is 1. The molecule has 1 atom stereocenters. The predicted molar refractivity (Wildman–Crippen MR) is 123 cm³/mol. The first kappa shape index (κ1) is 22.2. The van der Waals surface area contributed by atoms with Gasteiger partial charge >= 0.3 is 6.18 Å². The third-order valence-electron chi connectivity index (χ3n) is 5.27. The van der Waals surface area contributed by atoms with Crippen molar-refractivity contribution in [3.05, 3.63) is 106 Å². The van der Waals surface area contributed by atoms with Gasteiger partial charge in [0.2, 0.25) is 0 Å². The maximum absolute atomic E-state index is 13.9. The van der Waals surface area contributed by atoms with Crippen LogP contribution in [0.15, 0.2) is 83.1 Å². The minimum atomic E-state index is -4.72. The van der Waals surface area contributed by atoms with Crippen LogP contribution < -0.4 is 5.32 Å². The second kappa shape index (κ2) is 8.66. The van der Waals surface area contributed by atoms with Gasteiger partial charge in [-0.05, 0) is 29.1 Å². The largest absolute Gasteiger partial charge is 0.472 e. The average Bonchev–Trinajstić information content (AvgIpc) is 3.59. The molecule has 0 fully saturated rings. The summed E-state index contributed by atoms with van der Waals surface area (Å²) in [6, 6.07) is 14.9. The molecule has 0 radical (unpaired) electrons. The first-order valence-corrected chi connectivity index (χ1v) is 11.3. The van der Waals surface area contributed by atoms with Crippen LogP contribution in [0.5, 0.6) is 0 Å². The van der Waals surface area contributed by atoms with Crippen molar-refractivity contribution in [2.45, 2.75) is 12.2 Å². The summed E-state index contributed by atoms with van der Waals surface area (Å²) in [4.78, 5) is 18.1. The molecule has 1 N–H and O–H groups in total. The van der Waals surface area contributed by atoms with Crippen LogP contribution in [0.4, 0.5) is 13.2 Å². The smallest absolute Gasteiger partial charge is 0.420 e. The molecule has 0 saturated carbocycles. The standard InChI is InChI=1S/C24H15ClF3N3O2S/c25-21-20(23(32)30-19(18-7-4-10-34-18)14-5-2-1-3-6-14)29-22-17(24(26,27)28)11-16(12-31(21)22)15-8-9-33-13-15/h1-13,19H,(H,30,32). The normalized spacial score (nSPS) is 12.7. The lowest BCUT2D eigenvalue weighted by Crippen LogP contribution is -2.29. The highest BCUT2D eigenvalue weighted by atomic mass is 35.5. The van der Waals surface area contributed by atoms with Gasteiger partial charge < -0.3 is 9.73 Å². The van der Waals surface area contributed by atoms with Crippen LogP contribution in [0.2, 0.25) is 5.15 Å². The molecule has 5 aromatic rings. The Hall–Kier alpha value is -3.56. The quantitative estimate of drug-likeness (QED) is 0.286. The highest BCUT2D eigenvalue weighted by molar-refractivity contribution is 7.10. The number of rotatable bonds is 5. The molecular weight excluding hydrogens is 487 g/mol. The molecule has 1 aromatic carbocycles. The number of imidazole rings is 1. The van der Waals surface area contributed by atoms with Gasteiger partial charge in [-0.25, -0.2) is 4.98 Å². The highest BCUT2D eigenvalue weighted by Crippen LogP contribution is 2.37. The first-order chi connectivity index (χ1) is 16.3. The molecule has 4 aromatic heterocycles. The molecule has 5 rings (SSSR count). The lowest BCUT2D eigenvalue weighted by atomic mass is 10.1. The third kappa shape index (κ3) is 4.08. The fraction of sp³-hybridized carbons (Fsp3) is 0.0833. The van der Waals surface area contributed by atoms with Crippen molar-refractivity contribution in [3.8, 4) is 11.1 Å². The molecule has 10 heteroatoms. The second-order valence-electron chi connectivity index (χ2n) is 7.43. The van der Waals surface area contributed by atoms with E-state index in [2.05, 4.69) is 10.3 Å². The van der Waals surface area contributed by atoms with Crippen molar-refractivity contribution in [3.63, 3.8) is 0 Å². The lowest BCUT2D eigenvalue weighted by Gasteiger charge is -2.17. The molecule has 0 aliphatic carbocycles. The van der Waals surface area contributed by atoms with E-state index < -0.39 is 29.3 Å². The number of nitrogens with one attached hydrogen (secondary N) is 1. The second-order valence-corrected chi connectivity index (χ2v) is 8.77. The molecule has 0 bridgehead atoms.